The number of methoxy groups -OCH3 is 1. The normalized spacial score (nSPS) is 10.9. The van der Waals surface area contributed by atoms with Gasteiger partial charge in [-0.3, -0.25) is 14.3 Å². The fourth-order valence-corrected chi connectivity index (χ4v) is 3.47. The first-order valence-electron chi connectivity index (χ1n) is 9.96. The lowest BCUT2D eigenvalue weighted by molar-refractivity contribution is 0.196. The number of nitrogen functional groups attached to an aromatic ring is 1. The Bertz CT molecular complexity index is 1090. The second kappa shape index (κ2) is 9.93. The largest absolute Gasteiger partial charge is 0.385 e. The van der Waals surface area contributed by atoms with Crippen LogP contribution < -0.4 is 21.9 Å². The van der Waals surface area contributed by atoms with Crippen LogP contribution in [0.4, 0.5) is 11.5 Å². The van der Waals surface area contributed by atoms with Gasteiger partial charge in [0.05, 0.1) is 6.54 Å². The number of aromatic amines is 1. The SMILES string of the molecule is COCCCN(Cc1ccccc1C)c1c(N)n(Cc2ccccc2)c(=O)[nH]c1=O. The Kier molecular flexibility index (Phi) is 7.08. The molecule has 3 aromatic rings. The van der Waals surface area contributed by atoms with Crippen molar-refractivity contribution in [1.82, 2.24) is 9.55 Å². The van der Waals surface area contributed by atoms with Crippen LogP contribution in [0.2, 0.25) is 0 Å². The number of rotatable bonds is 9. The topological polar surface area (TPSA) is 93.3 Å². The molecule has 2 aromatic carbocycles. The van der Waals surface area contributed by atoms with Gasteiger partial charge in [-0.15, -0.1) is 0 Å². The van der Waals surface area contributed by atoms with Gasteiger partial charge in [-0.1, -0.05) is 54.6 Å². The summed E-state index contributed by atoms with van der Waals surface area (Å²) in [4.78, 5) is 29.7. The Balaban J connectivity index is 2.03. The molecule has 7 heteroatoms. The Morgan fingerprint density at radius 1 is 1.07 bits per heavy atom. The molecular formula is C23H28N4O3. The van der Waals surface area contributed by atoms with Gasteiger partial charge >= 0.3 is 5.69 Å². The molecule has 0 unspecified atom stereocenters. The van der Waals surface area contributed by atoms with Crippen molar-refractivity contribution < 1.29 is 4.74 Å². The van der Waals surface area contributed by atoms with Crippen LogP contribution in [0.15, 0.2) is 64.2 Å². The van der Waals surface area contributed by atoms with Crippen molar-refractivity contribution in [1.29, 1.82) is 0 Å². The minimum atomic E-state index is -0.516. The molecular weight excluding hydrogens is 380 g/mol. The molecule has 0 fully saturated rings. The van der Waals surface area contributed by atoms with Crippen LogP contribution >= 0.6 is 0 Å². The number of nitrogens with zero attached hydrogens (tertiary/aromatic N) is 2. The molecule has 0 bridgehead atoms. The molecule has 1 heterocycles. The monoisotopic (exact) mass is 408 g/mol. The molecule has 0 saturated carbocycles. The van der Waals surface area contributed by atoms with Crippen molar-refractivity contribution in [2.45, 2.75) is 26.4 Å². The molecule has 0 aliphatic rings. The minimum absolute atomic E-state index is 0.165. The second-order valence-corrected chi connectivity index (χ2v) is 7.26. The molecule has 0 aliphatic carbocycles. The predicted octanol–water partition coefficient (Wildman–Crippen LogP) is 2.52. The number of hydrogen-bond donors (Lipinski definition) is 2. The Hall–Kier alpha value is -3.32. The maximum absolute atomic E-state index is 12.8. The summed E-state index contributed by atoms with van der Waals surface area (Å²) in [6, 6.07) is 17.6. The van der Waals surface area contributed by atoms with Crippen molar-refractivity contribution in [3.8, 4) is 0 Å². The lowest BCUT2D eigenvalue weighted by atomic mass is 10.1. The third-order valence-electron chi connectivity index (χ3n) is 5.11. The van der Waals surface area contributed by atoms with Crippen LogP contribution in [-0.4, -0.2) is 29.8 Å². The van der Waals surface area contributed by atoms with Gasteiger partial charge in [0.25, 0.3) is 5.56 Å². The van der Waals surface area contributed by atoms with Crippen LogP contribution in [0.25, 0.3) is 0 Å². The van der Waals surface area contributed by atoms with E-state index >= 15 is 0 Å². The van der Waals surface area contributed by atoms with E-state index in [0.717, 1.165) is 23.1 Å². The van der Waals surface area contributed by atoms with Crippen LogP contribution in [-0.2, 0) is 17.8 Å². The molecule has 7 nitrogen and oxygen atoms in total. The smallest absolute Gasteiger partial charge is 0.330 e. The molecule has 0 saturated heterocycles. The van der Waals surface area contributed by atoms with Gasteiger partial charge in [0.1, 0.15) is 11.5 Å². The highest BCUT2D eigenvalue weighted by molar-refractivity contribution is 5.63. The molecule has 0 radical (unpaired) electrons. The van der Waals surface area contributed by atoms with E-state index in [2.05, 4.69) is 4.98 Å². The third-order valence-corrected chi connectivity index (χ3v) is 5.11. The van der Waals surface area contributed by atoms with E-state index in [0.29, 0.717) is 25.4 Å². The van der Waals surface area contributed by atoms with Gasteiger partial charge in [-0.25, -0.2) is 4.79 Å². The summed E-state index contributed by atoms with van der Waals surface area (Å²) in [5, 5.41) is 0. The van der Waals surface area contributed by atoms with Gasteiger partial charge in [0.2, 0.25) is 0 Å². The summed E-state index contributed by atoms with van der Waals surface area (Å²) < 4.78 is 6.60. The van der Waals surface area contributed by atoms with Crippen LogP contribution in [0, 0.1) is 6.92 Å². The van der Waals surface area contributed by atoms with E-state index < -0.39 is 11.2 Å². The van der Waals surface area contributed by atoms with E-state index in [1.54, 1.807) is 7.11 Å². The molecule has 30 heavy (non-hydrogen) atoms. The zero-order valence-corrected chi connectivity index (χ0v) is 17.4. The number of ether oxygens (including phenoxy) is 1. The quantitative estimate of drug-likeness (QED) is 0.531. The van der Waals surface area contributed by atoms with Crippen molar-refractivity contribution in [3.05, 3.63) is 92.1 Å². The van der Waals surface area contributed by atoms with Crippen molar-refractivity contribution in [2.24, 2.45) is 0 Å². The van der Waals surface area contributed by atoms with Gasteiger partial charge in [-0.2, -0.15) is 0 Å². The van der Waals surface area contributed by atoms with E-state index in [4.69, 9.17) is 10.5 Å². The van der Waals surface area contributed by atoms with Crippen LogP contribution in [0.5, 0.6) is 0 Å². The Labute approximate surface area is 175 Å². The number of anilines is 2. The summed E-state index contributed by atoms with van der Waals surface area (Å²) >= 11 is 0. The average molecular weight is 409 g/mol. The summed E-state index contributed by atoms with van der Waals surface area (Å²) in [5.74, 6) is 0.165. The molecule has 3 rings (SSSR count). The maximum atomic E-state index is 12.8. The predicted molar refractivity (Wildman–Crippen MR) is 120 cm³/mol. The first-order chi connectivity index (χ1) is 14.5. The number of hydrogen-bond acceptors (Lipinski definition) is 5. The van der Waals surface area contributed by atoms with Gasteiger partial charge in [-0.05, 0) is 30.0 Å². The molecule has 0 spiro atoms. The van der Waals surface area contributed by atoms with Gasteiger partial charge < -0.3 is 15.4 Å². The number of nitrogens with one attached hydrogen (secondary N) is 1. The van der Waals surface area contributed by atoms with Crippen molar-refractivity contribution >= 4 is 11.5 Å². The molecule has 0 atom stereocenters. The number of aromatic nitrogens is 2. The highest BCUT2D eigenvalue weighted by atomic mass is 16.5. The van der Waals surface area contributed by atoms with E-state index in [9.17, 15) is 9.59 Å². The third kappa shape index (κ3) is 4.99. The molecule has 0 amide bonds. The summed E-state index contributed by atoms with van der Waals surface area (Å²) in [7, 11) is 1.65. The number of aryl methyl sites for hydroxylation is 1. The fraction of sp³-hybridized carbons (Fsp3) is 0.304. The number of nitrogens with two attached hydrogens (primary N) is 1. The zero-order valence-electron chi connectivity index (χ0n) is 17.4. The van der Waals surface area contributed by atoms with E-state index in [-0.39, 0.29) is 12.4 Å². The number of H-pyrrole nitrogens is 1. The average Bonchev–Trinajstić information content (AvgIpc) is 2.73. The summed E-state index contributed by atoms with van der Waals surface area (Å²) in [5.41, 5.74) is 8.86. The first kappa shape index (κ1) is 21.4. The summed E-state index contributed by atoms with van der Waals surface area (Å²) in [6.45, 7) is 3.95. The minimum Gasteiger partial charge on any atom is -0.385 e. The highest BCUT2D eigenvalue weighted by Gasteiger charge is 2.20. The zero-order chi connectivity index (χ0) is 21.5. The molecule has 1 aromatic heterocycles. The lowest BCUT2D eigenvalue weighted by Gasteiger charge is -2.27. The van der Waals surface area contributed by atoms with Crippen molar-refractivity contribution in [3.63, 3.8) is 0 Å². The van der Waals surface area contributed by atoms with E-state index in [1.807, 2.05) is 66.4 Å². The molecule has 3 N–H and O–H groups in total. The van der Waals surface area contributed by atoms with Gasteiger partial charge in [0.15, 0.2) is 0 Å². The van der Waals surface area contributed by atoms with Crippen LogP contribution in [0.1, 0.15) is 23.1 Å². The summed E-state index contributed by atoms with van der Waals surface area (Å²) in [6.07, 6.45) is 0.721. The lowest BCUT2D eigenvalue weighted by Crippen LogP contribution is -2.39. The highest BCUT2D eigenvalue weighted by Crippen LogP contribution is 2.21. The molecule has 0 aliphatic heterocycles. The first-order valence-corrected chi connectivity index (χ1v) is 9.96. The van der Waals surface area contributed by atoms with Gasteiger partial charge in [0, 0.05) is 26.8 Å². The Morgan fingerprint density at radius 2 is 1.77 bits per heavy atom. The van der Waals surface area contributed by atoms with Crippen LogP contribution in [0.3, 0.4) is 0 Å². The van der Waals surface area contributed by atoms with Crippen molar-refractivity contribution in [2.75, 3.05) is 30.9 Å². The second-order valence-electron chi connectivity index (χ2n) is 7.26. The molecule has 158 valence electrons. The maximum Gasteiger partial charge on any atom is 0.330 e. The standard InChI is InChI=1S/C23H28N4O3/c1-17-9-6-7-12-19(17)16-26(13-8-14-30-2)20-21(24)27(23(29)25-22(20)28)15-18-10-4-3-5-11-18/h3-7,9-12H,8,13-16,24H2,1-2H3,(H,25,28,29). The van der Waals surface area contributed by atoms with E-state index in [1.165, 1.54) is 4.57 Å². The number of benzene rings is 2. The fourth-order valence-electron chi connectivity index (χ4n) is 3.47. The Morgan fingerprint density at radius 3 is 2.47 bits per heavy atom.